The fourth-order valence-electron chi connectivity index (χ4n) is 2.47. The monoisotopic (exact) mass is 311 g/mol. The maximum atomic E-state index is 4.24. The van der Waals surface area contributed by atoms with Gasteiger partial charge in [-0.05, 0) is 46.8 Å². The molecular weight excluding hydrogens is 290 g/mol. The van der Waals surface area contributed by atoms with Crippen molar-refractivity contribution in [3.05, 3.63) is 22.9 Å². The van der Waals surface area contributed by atoms with Crippen molar-refractivity contribution >= 4 is 21.6 Å². The Labute approximate surface area is 118 Å². The number of pyridine rings is 1. The van der Waals surface area contributed by atoms with E-state index in [0.717, 1.165) is 16.2 Å². The molecule has 0 bridgehead atoms. The van der Waals surface area contributed by atoms with Crippen LogP contribution in [0.5, 0.6) is 0 Å². The van der Waals surface area contributed by atoms with E-state index < -0.39 is 0 Å². The Bertz CT molecular complexity index is 356. The number of halogens is 1. The van der Waals surface area contributed by atoms with Crippen LogP contribution in [0.2, 0.25) is 0 Å². The van der Waals surface area contributed by atoms with Crippen molar-refractivity contribution in [1.29, 1.82) is 0 Å². The van der Waals surface area contributed by atoms with E-state index >= 15 is 0 Å². The summed E-state index contributed by atoms with van der Waals surface area (Å²) in [6, 6.07) is 4.66. The molecular formula is C14H22BrN3. The van der Waals surface area contributed by atoms with Crippen molar-refractivity contribution in [3.8, 4) is 0 Å². The third-order valence-electron chi connectivity index (χ3n) is 3.31. The average Bonchev–Trinajstić information content (AvgIpc) is 2.34. The van der Waals surface area contributed by atoms with Gasteiger partial charge in [0.1, 0.15) is 4.60 Å². The first-order valence-electron chi connectivity index (χ1n) is 6.74. The van der Waals surface area contributed by atoms with Gasteiger partial charge in [-0.15, -0.1) is 0 Å². The summed E-state index contributed by atoms with van der Waals surface area (Å²) in [6.45, 7) is 8.22. The molecule has 0 radical (unpaired) electrons. The number of anilines is 1. The number of aromatic nitrogens is 1. The van der Waals surface area contributed by atoms with E-state index in [1.54, 1.807) is 0 Å². The molecule has 0 saturated carbocycles. The van der Waals surface area contributed by atoms with Crippen LogP contribution in [0, 0.1) is 5.92 Å². The van der Waals surface area contributed by atoms with Gasteiger partial charge >= 0.3 is 0 Å². The summed E-state index contributed by atoms with van der Waals surface area (Å²) in [6.07, 6.45) is 4.34. The fourth-order valence-corrected chi connectivity index (χ4v) is 2.71. The Hall–Kier alpha value is -0.610. The number of nitrogens with one attached hydrogen (secondary N) is 1. The predicted octanol–water partition coefficient (Wildman–Crippen LogP) is 3.38. The van der Waals surface area contributed by atoms with Gasteiger partial charge in [-0.2, -0.15) is 0 Å². The van der Waals surface area contributed by atoms with Crippen molar-refractivity contribution in [2.75, 3.05) is 25.0 Å². The molecule has 1 N–H and O–H groups in total. The van der Waals surface area contributed by atoms with Gasteiger partial charge in [0.25, 0.3) is 0 Å². The van der Waals surface area contributed by atoms with Crippen molar-refractivity contribution < 1.29 is 0 Å². The second-order valence-corrected chi connectivity index (χ2v) is 6.30. The van der Waals surface area contributed by atoms with Gasteiger partial charge in [0.15, 0.2) is 0 Å². The number of nitrogens with zero attached hydrogens (tertiary/aromatic N) is 2. The van der Waals surface area contributed by atoms with Crippen molar-refractivity contribution in [1.82, 2.24) is 9.88 Å². The van der Waals surface area contributed by atoms with Crippen LogP contribution in [0.15, 0.2) is 22.9 Å². The van der Waals surface area contributed by atoms with Crippen LogP contribution < -0.4 is 5.32 Å². The molecule has 1 saturated heterocycles. The summed E-state index contributed by atoms with van der Waals surface area (Å²) in [4.78, 5) is 6.81. The zero-order chi connectivity index (χ0) is 13.0. The molecule has 0 amide bonds. The highest BCUT2D eigenvalue weighted by Gasteiger charge is 2.19. The highest BCUT2D eigenvalue weighted by atomic mass is 79.9. The summed E-state index contributed by atoms with van der Waals surface area (Å²) in [5.74, 6) is 0.769. The molecule has 2 rings (SSSR count). The largest absolute Gasteiger partial charge is 0.381 e. The Morgan fingerprint density at radius 1 is 1.39 bits per heavy atom. The number of piperidine rings is 1. The van der Waals surface area contributed by atoms with Gasteiger partial charge < -0.3 is 10.2 Å². The first-order valence-corrected chi connectivity index (χ1v) is 7.53. The van der Waals surface area contributed by atoms with E-state index in [9.17, 15) is 0 Å². The SMILES string of the molecule is CC(C)CN1CCC(Nc2ccc(Br)nc2)CC1. The molecule has 1 aromatic rings. The lowest BCUT2D eigenvalue weighted by Gasteiger charge is -2.33. The van der Waals surface area contributed by atoms with E-state index in [1.165, 1.54) is 32.5 Å². The zero-order valence-electron chi connectivity index (χ0n) is 11.2. The Kier molecular flexibility index (Phi) is 5.01. The predicted molar refractivity (Wildman–Crippen MR) is 79.9 cm³/mol. The van der Waals surface area contributed by atoms with Crippen LogP contribution in [-0.4, -0.2) is 35.6 Å². The third-order valence-corrected chi connectivity index (χ3v) is 3.78. The summed E-state index contributed by atoms with van der Waals surface area (Å²) in [5, 5.41) is 3.57. The average molecular weight is 312 g/mol. The zero-order valence-corrected chi connectivity index (χ0v) is 12.8. The minimum absolute atomic E-state index is 0.594. The molecule has 0 spiro atoms. The van der Waals surface area contributed by atoms with Gasteiger partial charge in [0.2, 0.25) is 0 Å². The van der Waals surface area contributed by atoms with Gasteiger partial charge in [-0.3, -0.25) is 0 Å². The quantitative estimate of drug-likeness (QED) is 0.864. The molecule has 3 nitrogen and oxygen atoms in total. The molecule has 1 fully saturated rings. The topological polar surface area (TPSA) is 28.2 Å². The van der Waals surface area contributed by atoms with Gasteiger partial charge in [0.05, 0.1) is 11.9 Å². The van der Waals surface area contributed by atoms with Gasteiger partial charge in [-0.1, -0.05) is 13.8 Å². The van der Waals surface area contributed by atoms with E-state index in [4.69, 9.17) is 0 Å². The Morgan fingerprint density at radius 2 is 2.11 bits per heavy atom. The minimum Gasteiger partial charge on any atom is -0.381 e. The molecule has 100 valence electrons. The molecule has 0 atom stereocenters. The molecule has 1 aliphatic heterocycles. The first kappa shape index (κ1) is 13.8. The Balaban J connectivity index is 1.78. The highest BCUT2D eigenvalue weighted by molar-refractivity contribution is 9.10. The molecule has 4 heteroatoms. The van der Waals surface area contributed by atoms with Gasteiger partial charge in [0, 0.05) is 25.7 Å². The third kappa shape index (κ3) is 4.25. The minimum atomic E-state index is 0.594. The summed E-state index contributed by atoms with van der Waals surface area (Å²) in [7, 11) is 0. The smallest absolute Gasteiger partial charge is 0.106 e. The summed E-state index contributed by atoms with van der Waals surface area (Å²) >= 11 is 3.36. The maximum Gasteiger partial charge on any atom is 0.106 e. The fraction of sp³-hybridized carbons (Fsp3) is 0.643. The molecule has 1 aliphatic rings. The van der Waals surface area contributed by atoms with Crippen molar-refractivity contribution in [2.45, 2.75) is 32.7 Å². The molecule has 0 unspecified atom stereocenters. The lowest BCUT2D eigenvalue weighted by molar-refractivity contribution is 0.198. The maximum absolute atomic E-state index is 4.24. The number of hydrogen-bond donors (Lipinski definition) is 1. The van der Waals surface area contributed by atoms with E-state index in [-0.39, 0.29) is 0 Å². The van der Waals surface area contributed by atoms with E-state index in [0.29, 0.717) is 6.04 Å². The van der Waals surface area contributed by atoms with Crippen LogP contribution in [0.4, 0.5) is 5.69 Å². The van der Waals surface area contributed by atoms with E-state index in [2.05, 4.69) is 51.0 Å². The normalized spacial score (nSPS) is 18.2. The second-order valence-electron chi connectivity index (χ2n) is 5.48. The molecule has 0 aliphatic carbocycles. The molecule has 2 heterocycles. The molecule has 18 heavy (non-hydrogen) atoms. The highest BCUT2D eigenvalue weighted by Crippen LogP contribution is 2.18. The summed E-state index contributed by atoms with van der Waals surface area (Å²) in [5.41, 5.74) is 1.13. The van der Waals surface area contributed by atoms with Crippen LogP contribution in [0.1, 0.15) is 26.7 Å². The lowest BCUT2D eigenvalue weighted by Crippen LogP contribution is -2.40. The number of hydrogen-bond acceptors (Lipinski definition) is 3. The molecule has 1 aromatic heterocycles. The lowest BCUT2D eigenvalue weighted by atomic mass is 10.0. The molecule has 0 aromatic carbocycles. The van der Waals surface area contributed by atoms with Crippen LogP contribution in [0.3, 0.4) is 0 Å². The van der Waals surface area contributed by atoms with Crippen LogP contribution >= 0.6 is 15.9 Å². The van der Waals surface area contributed by atoms with Crippen LogP contribution in [-0.2, 0) is 0 Å². The van der Waals surface area contributed by atoms with Crippen molar-refractivity contribution in [2.24, 2.45) is 5.92 Å². The standard InChI is InChI=1S/C14H22BrN3/c1-11(2)10-18-7-5-12(6-8-18)17-13-3-4-14(15)16-9-13/h3-4,9,11-12,17H,5-8,10H2,1-2H3. The van der Waals surface area contributed by atoms with Gasteiger partial charge in [-0.25, -0.2) is 4.98 Å². The first-order chi connectivity index (χ1) is 8.63. The number of likely N-dealkylation sites (tertiary alicyclic amines) is 1. The summed E-state index contributed by atoms with van der Waals surface area (Å²) < 4.78 is 0.889. The van der Waals surface area contributed by atoms with Crippen LogP contribution in [0.25, 0.3) is 0 Å². The van der Waals surface area contributed by atoms with Crippen molar-refractivity contribution in [3.63, 3.8) is 0 Å². The number of rotatable bonds is 4. The Morgan fingerprint density at radius 3 is 2.67 bits per heavy atom. The van der Waals surface area contributed by atoms with E-state index in [1.807, 2.05) is 12.3 Å². The second kappa shape index (κ2) is 6.53.